The van der Waals surface area contributed by atoms with E-state index in [-0.39, 0.29) is 23.8 Å². The first-order valence-corrected chi connectivity index (χ1v) is 10.9. The maximum absolute atomic E-state index is 13.0. The molecule has 1 fully saturated rings. The minimum absolute atomic E-state index is 0.00450. The van der Waals surface area contributed by atoms with E-state index in [9.17, 15) is 9.59 Å². The van der Waals surface area contributed by atoms with Crippen LogP contribution in [0, 0.1) is 12.8 Å². The summed E-state index contributed by atoms with van der Waals surface area (Å²) in [7, 11) is 0. The van der Waals surface area contributed by atoms with Gasteiger partial charge in [-0.15, -0.1) is 0 Å². The van der Waals surface area contributed by atoms with Crippen molar-refractivity contribution in [3.63, 3.8) is 0 Å². The van der Waals surface area contributed by atoms with Crippen molar-refractivity contribution in [3.8, 4) is 0 Å². The van der Waals surface area contributed by atoms with Gasteiger partial charge in [-0.05, 0) is 63.0 Å². The molecule has 6 heteroatoms. The number of carbonyl (C=O) groups excluding carboxylic acids is 2. The number of amides is 2. The second kappa shape index (κ2) is 10.4. The molecule has 0 radical (unpaired) electrons. The zero-order chi connectivity index (χ0) is 21.5. The highest BCUT2D eigenvalue weighted by molar-refractivity contribution is 5.97. The third-order valence-electron chi connectivity index (χ3n) is 5.72. The zero-order valence-electron chi connectivity index (χ0n) is 18.2. The van der Waals surface area contributed by atoms with Crippen molar-refractivity contribution in [1.82, 2.24) is 15.5 Å². The molecule has 2 heterocycles. The number of nitrogens with zero attached hydrogens (tertiary/aromatic N) is 1. The van der Waals surface area contributed by atoms with Gasteiger partial charge in [0.05, 0.1) is 12.3 Å². The molecule has 30 heavy (non-hydrogen) atoms. The van der Waals surface area contributed by atoms with Crippen LogP contribution in [0.3, 0.4) is 0 Å². The van der Waals surface area contributed by atoms with Crippen LogP contribution in [-0.2, 0) is 4.79 Å². The Morgan fingerprint density at radius 1 is 1.07 bits per heavy atom. The lowest BCUT2D eigenvalue weighted by Gasteiger charge is -2.34. The van der Waals surface area contributed by atoms with Gasteiger partial charge >= 0.3 is 0 Å². The van der Waals surface area contributed by atoms with Gasteiger partial charge in [0.25, 0.3) is 5.91 Å². The Bertz CT molecular complexity index is 809. The molecule has 0 saturated carbocycles. The molecule has 162 valence electrons. The fourth-order valence-electron chi connectivity index (χ4n) is 3.89. The van der Waals surface area contributed by atoms with Gasteiger partial charge in [0, 0.05) is 12.1 Å². The van der Waals surface area contributed by atoms with Crippen LogP contribution in [0.2, 0.25) is 0 Å². The highest BCUT2D eigenvalue weighted by atomic mass is 16.3. The molecule has 3 rings (SSSR count). The maximum atomic E-state index is 13.0. The highest BCUT2D eigenvalue weighted by Gasteiger charge is 2.28. The number of piperidine rings is 1. The van der Waals surface area contributed by atoms with Crippen LogP contribution < -0.4 is 10.6 Å². The van der Waals surface area contributed by atoms with E-state index in [4.69, 9.17) is 4.42 Å². The second-order valence-electron chi connectivity index (χ2n) is 8.43. The molecule has 0 spiro atoms. The van der Waals surface area contributed by atoms with Crippen molar-refractivity contribution in [2.45, 2.75) is 52.1 Å². The first-order valence-electron chi connectivity index (χ1n) is 10.9. The predicted molar refractivity (Wildman–Crippen MR) is 117 cm³/mol. The lowest BCUT2D eigenvalue weighted by atomic mass is 10.0. The molecule has 2 unspecified atom stereocenters. The van der Waals surface area contributed by atoms with E-state index >= 15 is 0 Å². The number of likely N-dealkylation sites (tertiary alicyclic amines) is 1. The van der Waals surface area contributed by atoms with Crippen molar-refractivity contribution >= 4 is 11.8 Å². The molecule has 2 aromatic rings. The van der Waals surface area contributed by atoms with Crippen LogP contribution in [0.15, 0.2) is 47.1 Å². The summed E-state index contributed by atoms with van der Waals surface area (Å²) in [6.07, 6.45) is 5.24. The molecule has 1 aliphatic heterocycles. The summed E-state index contributed by atoms with van der Waals surface area (Å²) < 4.78 is 5.66. The number of carbonyl (C=O) groups is 2. The molecule has 2 atom stereocenters. The van der Waals surface area contributed by atoms with Gasteiger partial charge in [-0.3, -0.25) is 14.5 Å². The third kappa shape index (κ3) is 5.72. The largest absolute Gasteiger partial charge is 0.468 e. The Morgan fingerprint density at radius 2 is 1.77 bits per heavy atom. The standard InChI is InChI=1S/C24H33N3O3/c1-17(2)22(26-23(28)19-11-9-18(3)10-12-19)24(29)25-16-20(21-8-7-15-30-21)27-13-5-4-6-14-27/h7-12,15,17,20,22H,4-6,13-14,16H2,1-3H3,(H,25,29)(H,26,28). The maximum Gasteiger partial charge on any atom is 0.251 e. The van der Waals surface area contributed by atoms with E-state index in [1.165, 1.54) is 6.42 Å². The van der Waals surface area contributed by atoms with Gasteiger partial charge in [0.1, 0.15) is 11.8 Å². The number of hydrogen-bond donors (Lipinski definition) is 2. The van der Waals surface area contributed by atoms with Gasteiger partial charge in [-0.25, -0.2) is 0 Å². The molecule has 0 aliphatic carbocycles. The first kappa shape index (κ1) is 22.1. The fourth-order valence-corrected chi connectivity index (χ4v) is 3.89. The average Bonchev–Trinajstić information content (AvgIpc) is 3.27. The SMILES string of the molecule is Cc1ccc(C(=O)NC(C(=O)NCC(c2ccco2)N2CCCCC2)C(C)C)cc1. The molecular formula is C24H33N3O3. The van der Waals surface area contributed by atoms with Crippen LogP contribution in [0.5, 0.6) is 0 Å². The van der Waals surface area contributed by atoms with Crippen molar-refractivity contribution < 1.29 is 14.0 Å². The van der Waals surface area contributed by atoms with Crippen molar-refractivity contribution in [3.05, 3.63) is 59.5 Å². The number of hydrogen-bond acceptors (Lipinski definition) is 4. The lowest BCUT2D eigenvalue weighted by Crippen LogP contribution is -2.51. The number of nitrogens with one attached hydrogen (secondary N) is 2. The summed E-state index contributed by atoms with van der Waals surface area (Å²) in [6.45, 7) is 8.31. The van der Waals surface area contributed by atoms with Crippen LogP contribution in [0.4, 0.5) is 0 Å². The molecule has 6 nitrogen and oxygen atoms in total. The summed E-state index contributed by atoms with van der Waals surface area (Å²) in [5.74, 6) is 0.430. The van der Waals surface area contributed by atoms with E-state index in [0.29, 0.717) is 12.1 Å². The van der Waals surface area contributed by atoms with Gasteiger partial charge in [-0.2, -0.15) is 0 Å². The summed E-state index contributed by atoms with van der Waals surface area (Å²) in [4.78, 5) is 28.0. The minimum Gasteiger partial charge on any atom is -0.468 e. The van der Waals surface area contributed by atoms with Gasteiger partial charge < -0.3 is 15.1 Å². The van der Waals surface area contributed by atoms with Crippen LogP contribution in [0.25, 0.3) is 0 Å². The number of rotatable bonds is 8. The molecule has 1 aromatic carbocycles. The Morgan fingerprint density at radius 3 is 2.37 bits per heavy atom. The monoisotopic (exact) mass is 411 g/mol. The predicted octanol–water partition coefficient (Wildman–Crippen LogP) is 3.69. The molecule has 1 saturated heterocycles. The van der Waals surface area contributed by atoms with Crippen LogP contribution in [-0.4, -0.2) is 42.4 Å². The van der Waals surface area contributed by atoms with Crippen LogP contribution >= 0.6 is 0 Å². The highest BCUT2D eigenvalue weighted by Crippen LogP contribution is 2.24. The van der Waals surface area contributed by atoms with Gasteiger partial charge in [-0.1, -0.05) is 38.0 Å². The normalized spacial score (nSPS) is 16.8. The van der Waals surface area contributed by atoms with E-state index in [2.05, 4.69) is 15.5 Å². The topological polar surface area (TPSA) is 74.6 Å². The molecule has 2 N–H and O–H groups in total. The van der Waals surface area contributed by atoms with Crippen molar-refractivity contribution in [2.24, 2.45) is 5.92 Å². The molecule has 1 aromatic heterocycles. The number of aryl methyl sites for hydroxylation is 1. The Hall–Kier alpha value is -2.60. The summed E-state index contributed by atoms with van der Waals surface area (Å²) >= 11 is 0. The second-order valence-corrected chi connectivity index (χ2v) is 8.43. The smallest absolute Gasteiger partial charge is 0.251 e. The number of benzene rings is 1. The summed E-state index contributed by atoms with van der Waals surface area (Å²) in [5, 5.41) is 5.96. The first-order chi connectivity index (χ1) is 14.5. The van der Waals surface area contributed by atoms with E-state index in [1.807, 2.05) is 45.0 Å². The Labute approximate surface area is 179 Å². The number of furan rings is 1. The lowest BCUT2D eigenvalue weighted by molar-refractivity contribution is -0.124. The molecule has 2 amide bonds. The average molecular weight is 412 g/mol. The zero-order valence-corrected chi connectivity index (χ0v) is 18.2. The quantitative estimate of drug-likeness (QED) is 0.695. The Kier molecular flexibility index (Phi) is 7.69. The summed E-state index contributed by atoms with van der Waals surface area (Å²) in [5.41, 5.74) is 1.65. The molecular weight excluding hydrogens is 378 g/mol. The van der Waals surface area contributed by atoms with E-state index in [1.54, 1.807) is 18.4 Å². The third-order valence-corrected chi connectivity index (χ3v) is 5.72. The van der Waals surface area contributed by atoms with E-state index < -0.39 is 6.04 Å². The Balaban J connectivity index is 1.64. The van der Waals surface area contributed by atoms with Gasteiger partial charge in [0.2, 0.25) is 5.91 Å². The minimum atomic E-state index is -0.600. The molecule has 1 aliphatic rings. The van der Waals surface area contributed by atoms with E-state index in [0.717, 1.165) is 37.3 Å². The van der Waals surface area contributed by atoms with Crippen molar-refractivity contribution in [2.75, 3.05) is 19.6 Å². The summed E-state index contributed by atoms with van der Waals surface area (Å²) in [6, 6.07) is 10.6. The fraction of sp³-hybridized carbons (Fsp3) is 0.500. The van der Waals surface area contributed by atoms with Crippen LogP contribution in [0.1, 0.15) is 60.8 Å². The van der Waals surface area contributed by atoms with Crippen molar-refractivity contribution in [1.29, 1.82) is 0 Å². The molecule has 0 bridgehead atoms. The van der Waals surface area contributed by atoms with Gasteiger partial charge in [0.15, 0.2) is 0 Å².